The number of allylic oxidation sites excluding steroid dienone is 1. The van der Waals surface area contributed by atoms with Gasteiger partial charge in [-0.2, -0.15) is 12.6 Å². The second kappa shape index (κ2) is 6.96. The molecule has 5 heteroatoms. The number of carboxylic acids is 1. The van der Waals surface area contributed by atoms with E-state index in [1.54, 1.807) is 0 Å². The zero-order valence-corrected chi connectivity index (χ0v) is 11.2. The Hall–Kier alpha value is -1.62. The van der Waals surface area contributed by atoms with Crippen LogP contribution in [0.4, 0.5) is 0 Å². The van der Waals surface area contributed by atoms with E-state index in [2.05, 4.69) is 12.6 Å². The first-order valence-electron chi connectivity index (χ1n) is 5.40. The molecule has 0 atom stereocenters. The van der Waals surface area contributed by atoms with Gasteiger partial charge in [-0.1, -0.05) is 12.2 Å². The van der Waals surface area contributed by atoms with Gasteiger partial charge in [0.2, 0.25) is 0 Å². The number of hydrogen-bond acceptors (Lipinski definition) is 4. The summed E-state index contributed by atoms with van der Waals surface area (Å²) in [4.78, 5) is 11.0. The number of aromatic carboxylic acids is 1. The van der Waals surface area contributed by atoms with Gasteiger partial charge in [0, 0.05) is 0 Å². The van der Waals surface area contributed by atoms with Crippen LogP contribution in [0.25, 0.3) is 6.08 Å². The standard InChI is InChI=1S/C13H16O4S/c1-16-11-7-9(13(14)15)8-12(17-2)10(11)5-3-4-6-18/h3,5,7-8,18H,4,6H2,1-2H3,(H,14,15). The molecule has 0 bridgehead atoms. The molecular formula is C13H16O4S. The van der Waals surface area contributed by atoms with Crippen LogP contribution in [0.15, 0.2) is 18.2 Å². The van der Waals surface area contributed by atoms with Crippen LogP contribution in [0.3, 0.4) is 0 Å². The first kappa shape index (κ1) is 14.4. The number of rotatable bonds is 6. The summed E-state index contributed by atoms with van der Waals surface area (Å²) in [6.45, 7) is 0. The van der Waals surface area contributed by atoms with Gasteiger partial charge in [-0.15, -0.1) is 0 Å². The fraction of sp³-hybridized carbons (Fsp3) is 0.308. The van der Waals surface area contributed by atoms with Gasteiger partial charge < -0.3 is 14.6 Å². The maximum absolute atomic E-state index is 11.0. The summed E-state index contributed by atoms with van der Waals surface area (Å²) >= 11 is 4.12. The van der Waals surface area contributed by atoms with Crippen molar-refractivity contribution < 1.29 is 19.4 Å². The summed E-state index contributed by atoms with van der Waals surface area (Å²) < 4.78 is 10.4. The van der Waals surface area contributed by atoms with Crippen LogP contribution in [0.2, 0.25) is 0 Å². The minimum Gasteiger partial charge on any atom is -0.496 e. The lowest BCUT2D eigenvalue weighted by molar-refractivity contribution is 0.0696. The maximum Gasteiger partial charge on any atom is 0.335 e. The highest BCUT2D eigenvalue weighted by molar-refractivity contribution is 7.80. The van der Waals surface area contributed by atoms with Crippen molar-refractivity contribution in [2.24, 2.45) is 0 Å². The Morgan fingerprint density at radius 3 is 2.28 bits per heavy atom. The molecule has 98 valence electrons. The van der Waals surface area contributed by atoms with Gasteiger partial charge >= 0.3 is 5.97 Å². The third-order valence-electron chi connectivity index (χ3n) is 2.37. The molecule has 4 nitrogen and oxygen atoms in total. The summed E-state index contributed by atoms with van der Waals surface area (Å²) in [6.07, 6.45) is 4.60. The van der Waals surface area contributed by atoms with Gasteiger partial charge in [-0.05, 0) is 24.3 Å². The van der Waals surface area contributed by atoms with Gasteiger partial charge in [0.25, 0.3) is 0 Å². The van der Waals surface area contributed by atoms with Crippen molar-refractivity contribution in [3.05, 3.63) is 29.3 Å². The highest BCUT2D eigenvalue weighted by atomic mass is 32.1. The lowest BCUT2D eigenvalue weighted by Crippen LogP contribution is -2.00. The quantitative estimate of drug-likeness (QED) is 0.779. The third kappa shape index (κ3) is 3.43. The first-order chi connectivity index (χ1) is 8.63. The Labute approximate surface area is 112 Å². The van der Waals surface area contributed by atoms with Gasteiger partial charge in [0.05, 0.1) is 25.3 Å². The lowest BCUT2D eigenvalue weighted by Gasteiger charge is -2.11. The summed E-state index contributed by atoms with van der Waals surface area (Å²) in [5.74, 6) is 0.677. The predicted octanol–water partition coefficient (Wildman–Crippen LogP) is 2.74. The molecular weight excluding hydrogens is 252 g/mol. The second-order valence-electron chi connectivity index (χ2n) is 3.51. The van der Waals surface area contributed by atoms with Gasteiger partial charge in [0.1, 0.15) is 11.5 Å². The normalized spacial score (nSPS) is 10.6. The van der Waals surface area contributed by atoms with E-state index in [4.69, 9.17) is 14.6 Å². The van der Waals surface area contributed by atoms with Crippen molar-refractivity contribution in [3.8, 4) is 11.5 Å². The van der Waals surface area contributed by atoms with Crippen LogP contribution in [0.1, 0.15) is 22.3 Å². The molecule has 0 aromatic heterocycles. The van der Waals surface area contributed by atoms with E-state index in [9.17, 15) is 4.79 Å². The molecule has 0 heterocycles. The molecule has 0 aliphatic carbocycles. The molecule has 0 saturated heterocycles. The molecule has 18 heavy (non-hydrogen) atoms. The van der Waals surface area contributed by atoms with Gasteiger partial charge in [-0.25, -0.2) is 4.79 Å². The minimum atomic E-state index is -1.02. The van der Waals surface area contributed by atoms with Crippen molar-refractivity contribution in [3.63, 3.8) is 0 Å². The van der Waals surface area contributed by atoms with E-state index >= 15 is 0 Å². The van der Waals surface area contributed by atoms with Crippen molar-refractivity contribution in [2.45, 2.75) is 6.42 Å². The number of thiol groups is 1. The molecule has 1 N–H and O–H groups in total. The number of carbonyl (C=O) groups is 1. The fourth-order valence-corrected chi connectivity index (χ4v) is 1.65. The van der Waals surface area contributed by atoms with Crippen LogP contribution >= 0.6 is 12.6 Å². The number of hydrogen-bond donors (Lipinski definition) is 2. The largest absolute Gasteiger partial charge is 0.496 e. The SMILES string of the molecule is COc1cc(C(=O)O)cc(OC)c1C=CCCS. The number of methoxy groups -OCH3 is 2. The molecule has 0 saturated carbocycles. The Bertz CT molecular complexity index is 429. The number of benzene rings is 1. The lowest BCUT2D eigenvalue weighted by atomic mass is 10.1. The average molecular weight is 268 g/mol. The van der Waals surface area contributed by atoms with E-state index < -0.39 is 5.97 Å². The van der Waals surface area contributed by atoms with Gasteiger partial charge in [0.15, 0.2) is 0 Å². The Balaban J connectivity index is 3.25. The monoisotopic (exact) mass is 268 g/mol. The van der Waals surface area contributed by atoms with E-state index in [-0.39, 0.29) is 5.56 Å². The average Bonchev–Trinajstić information content (AvgIpc) is 2.38. The predicted molar refractivity (Wildman–Crippen MR) is 74.0 cm³/mol. The van der Waals surface area contributed by atoms with E-state index in [1.165, 1.54) is 26.4 Å². The van der Waals surface area contributed by atoms with Crippen LogP contribution < -0.4 is 9.47 Å². The van der Waals surface area contributed by atoms with Crippen molar-refractivity contribution in [2.75, 3.05) is 20.0 Å². The second-order valence-corrected chi connectivity index (χ2v) is 3.96. The summed E-state index contributed by atoms with van der Waals surface area (Å²) in [5, 5.41) is 8.99. The maximum atomic E-state index is 11.0. The van der Waals surface area contributed by atoms with Crippen LogP contribution in [-0.4, -0.2) is 31.0 Å². The molecule has 0 unspecified atom stereocenters. The van der Waals surface area contributed by atoms with E-state index in [0.29, 0.717) is 11.5 Å². The zero-order chi connectivity index (χ0) is 13.5. The molecule has 0 amide bonds. The van der Waals surface area contributed by atoms with Crippen LogP contribution in [0, 0.1) is 0 Å². The minimum absolute atomic E-state index is 0.134. The van der Waals surface area contributed by atoms with E-state index in [0.717, 1.165) is 17.7 Å². The molecule has 0 aliphatic heterocycles. The highest BCUT2D eigenvalue weighted by Gasteiger charge is 2.13. The molecule has 0 fully saturated rings. The third-order valence-corrected chi connectivity index (χ3v) is 2.63. The van der Waals surface area contributed by atoms with Crippen LogP contribution in [0.5, 0.6) is 11.5 Å². The smallest absolute Gasteiger partial charge is 0.335 e. The van der Waals surface area contributed by atoms with Crippen molar-refractivity contribution in [1.82, 2.24) is 0 Å². The fourth-order valence-electron chi connectivity index (χ4n) is 1.50. The van der Waals surface area contributed by atoms with E-state index in [1.807, 2.05) is 12.2 Å². The number of carboxylic acid groups (broad SMARTS) is 1. The van der Waals surface area contributed by atoms with Crippen molar-refractivity contribution in [1.29, 1.82) is 0 Å². The Morgan fingerprint density at radius 1 is 1.33 bits per heavy atom. The zero-order valence-electron chi connectivity index (χ0n) is 10.3. The van der Waals surface area contributed by atoms with Crippen LogP contribution in [-0.2, 0) is 0 Å². The van der Waals surface area contributed by atoms with Crippen molar-refractivity contribution >= 4 is 24.7 Å². The summed E-state index contributed by atoms with van der Waals surface area (Å²) in [7, 11) is 2.99. The molecule has 1 aromatic carbocycles. The highest BCUT2D eigenvalue weighted by Crippen LogP contribution is 2.32. The molecule has 0 aliphatic rings. The topological polar surface area (TPSA) is 55.8 Å². The summed E-state index contributed by atoms with van der Waals surface area (Å²) in [6, 6.07) is 2.95. The Morgan fingerprint density at radius 2 is 1.89 bits per heavy atom. The molecule has 0 radical (unpaired) electrons. The summed E-state index contributed by atoms with van der Waals surface area (Å²) in [5.41, 5.74) is 0.863. The number of ether oxygens (including phenoxy) is 2. The Kier molecular flexibility index (Phi) is 5.58. The molecule has 0 spiro atoms. The molecule has 1 rings (SSSR count). The van der Waals surface area contributed by atoms with Gasteiger partial charge in [-0.3, -0.25) is 0 Å². The first-order valence-corrected chi connectivity index (χ1v) is 6.04. The molecule has 1 aromatic rings.